The van der Waals surface area contributed by atoms with E-state index in [1.807, 2.05) is 17.9 Å². The Bertz CT molecular complexity index is 372. The Kier molecular flexibility index (Phi) is 5.44. The second-order valence-corrected chi connectivity index (χ2v) is 6.08. The first-order valence-electron chi connectivity index (χ1n) is 7.88. The zero-order valence-electron chi connectivity index (χ0n) is 12.7. The first kappa shape index (κ1) is 14.6. The summed E-state index contributed by atoms with van der Waals surface area (Å²) in [5.41, 5.74) is 1.35. The van der Waals surface area contributed by atoms with Crippen LogP contribution in [-0.2, 0) is 13.5 Å². The van der Waals surface area contributed by atoms with E-state index >= 15 is 0 Å². The summed E-state index contributed by atoms with van der Waals surface area (Å²) in [5.74, 6) is 1.84. The molecule has 3 heteroatoms. The third-order valence-corrected chi connectivity index (χ3v) is 4.97. The van der Waals surface area contributed by atoms with Crippen LogP contribution in [0, 0.1) is 11.8 Å². The van der Waals surface area contributed by atoms with Crippen LogP contribution >= 0.6 is 0 Å². The average Bonchev–Trinajstić information content (AvgIpc) is 2.85. The van der Waals surface area contributed by atoms with Crippen LogP contribution in [0.5, 0.6) is 0 Å². The third kappa shape index (κ3) is 3.82. The van der Waals surface area contributed by atoms with Crippen molar-refractivity contribution in [2.75, 3.05) is 7.05 Å². The first-order valence-corrected chi connectivity index (χ1v) is 7.88. The largest absolute Gasteiger partial charge is 0.317 e. The average molecular weight is 263 g/mol. The summed E-state index contributed by atoms with van der Waals surface area (Å²) in [5, 5.41) is 7.82. The van der Waals surface area contributed by atoms with Crippen LogP contribution in [-0.4, -0.2) is 22.9 Å². The van der Waals surface area contributed by atoms with Crippen molar-refractivity contribution >= 4 is 0 Å². The van der Waals surface area contributed by atoms with Crippen molar-refractivity contribution in [3.05, 3.63) is 18.0 Å². The standard InChI is InChI=1S/C16H29N3/c1-4-13-6-5-7-14(12-13)16(17-2)9-8-15-10-11-18-19(15)3/h10-11,13-14,16-17H,4-9,12H2,1-3H3. The Morgan fingerprint density at radius 3 is 2.95 bits per heavy atom. The molecule has 3 unspecified atom stereocenters. The molecule has 19 heavy (non-hydrogen) atoms. The van der Waals surface area contributed by atoms with Crippen LogP contribution < -0.4 is 5.32 Å². The highest BCUT2D eigenvalue weighted by Gasteiger charge is 2.26. The van der Waals surface area contributed by atoms with Gasteiger partial charge in [-0.1, -0.05) is 26.2 Å². The summed E-state index contributed by atoms with van der Waals surface area (Å²) in [6.45, 7) is 2.34. The molecule has 0 aromatic carbocycles. The van der Waals surface area contributed by atoms with Gasteiger partial charge in [-0.15, -0.1) is 0 Å². The number of rotatable bonds is 6. The van der Waals surface area contributed by atoms with E-state index in [0.29, 0.717) is 6.04 Å². The Morgan fingerprint density at radius 1 is 1.47 bits per heavy atom. The fourth-order valence-electron chi connectivity index (χ4n) is 3.63. The molecule has 1 aromatic rings. The minimum Gasteiger partial charge on any atom is -0.317 e. The van der Waals surface area contributed by atoms with Crippen molar-refractivity contribution < 1.29 is 0 Å². The summed E-state index contributed by atoms with van der Waals surface area (Å²) >= 11 is 0. The summed E-state index contributed by atoms with van der Waals surface area (Å²) < 4.78 is 2.00. The highest BCUT2D eigenvalue weighted by Crippen LogP contribution is 2.33. The molecule has 1 saturated carbocycles. The lowest BCUT2D eigenvalue weighted by atomic mass is 9.76. The number of nitrogens with one attached hydrogen (secondary N) is 1. The molecule has 0 aliphatic heterocycles. The summed E-state index contributed by atoms with van der Waals surface area (Å²) in [7, 11) is 4.17. The lowest BCUT2D eigenvalue weighted by Crippen LogP contribution is -2.37. The number of aromatic nitrogens is 2. The zero-order valence-corrected chi connectivity index (χ0v) is 12.7. The van der Waals surface area contributed by atoms with Crippen LogP contribution in [0.2, 0.25) is 0 Å². The summed E-state index contributed by atoms with van der Waals surface area (Å²) in [4.78, 5) is 0. The molecule has 3 nitrogen and oxygen atoms in total. The Hall–Kier alpha value is -0.830. The second kappa shape index (κ2) is 7.09. The maximum atomic E-state index is 4.25. The highest BCUT2D eigenvalue weighted by molar-refractivity contribution is 5.00. The van der Waals surface area contributed by atoms with Gasteiger partial charge in [0.2, 0.25) is 0 Å². The molecule has 0 amide bonds. The van der Waals surface area contributed by atoms with Gasteiger partial charge in [-0.05, 0) is 50.6 Å². The molecule has 1 fully saturated rings. The van der Waals surface area contributed by atoms with Crippen molar-refractivity contribution in [2.45, 2.75) is 57.9 Å². The lowest BCUT2D eigenvalue weighted by Gasteiger charge is -2.34. The van der Waals surface area contributed by atoms with Gasteiger partial charge in [0.1, 0.15) is 0 Å². The van der Waals surface area contributed by atoms with Crippen LogP contribution in [0.15, 0.2) is 12.3 Å². The van der Waals surface area contributed by atoms with Gasteiger partial charge in [0.25, 0.3) is 0 Å². The van der Waals surface area contributed by atoms with Gasteiger partial charge in [-0.3, -0.25) is 4.68 Å². The van der Waals surface area contributed by atoms with E-state index in [1.54, 1.807) is 0 Å². The predicted molar refractivity (Wildman–Crippen MR) is 80.1 cm³/mol. The van der Waals surface area contributed by atoms with Crippen molar-refractivity contribution in [1.82, 2.24) is 15.1 Å². The molecule has 0 spiro atoms. The molecule has 0 radical (unpaired) electrons. The van der Waals surface area contributed by atoms with Crippen molar-refractivity contribution in [1.29, 1.82) is 0 Å². The van der Waals surface area contributed by atoms with Crippen molar-refractivity contribution in [3.63, 3.8) is 0 Å². The van der Waals surface area contributed by atoms with Crippen LogP contribution in [0.25, 0.3) is 0 Å². The van der Waals surface area contributed by atoms with Gasteiger partial charge in [0.15, 0.2) is 0 Å². The molecule has 0 bridgehead atoms. The molecule has 108 valence electrons. The Balaban J connectivity index is 1.87. The van der Waals surface area contributed by atoms with Crippen LogP contribution in [0.3, 0.4) is 0 Å². The van der Waals surface area contributed by atoms with Gasteiger partial charge < -0.3 is 5.32 Å². The van der Waals surface area contributed by atoms with E-state index in [-0.39, 0.29) is 0 Å². The molecule has 1 N–H and O–H groups in total. The van der Waals surface area contributed by atoms with E-state index < -0.39 is 0 Å². The molecular formula is C16H29N3. The maximum Gasteiger partial charge on any atom is 0.0492 e. The molecule has 2 rings (SSSR count). The van der Waals surface area contributed by atoms with E-state index in [9.17, 15) is 0 Å². The SMILES string of the molecule is CCC1CCCC(C(CCc2ccnn2C)NC)C1. The molecule has 1 aliphatic carbocycles. The minimum atomic E-state index is 0.671. The van der Waals surface area contributed by atoms with E-state index in [2.05, 4.69) is 30.5 Å². The number of hydrogen-bond donors (Lipinski definition) is 1. The van der Waals surface area contributed by atoms with Crippen molar-refractivity contribution in [2.24, 2.45) is 18.9 Å². The summed E-state index contributed by atoms with van der Waals surface area (Å²) in [6.07, 6.45) is 11.3. The molecule has 1 heterocycles. The van der Waals surface area contributed by atoms with Crippen LogP contribution in [0.4, 0.5) is 0 Å². The van der Waals surface area contributed by atoms with E-state index in [4.69, 9.17) is 0 Å². The smallest absolute Gasteiger partial charge is 0.0492 e. The molecule has 3 atom stereocenters. The van der Waals surface area contributed by atoms with Gasteiger partial charge in [0.05, 0.1) is 0 Å². The predicted octanol–water partition coefficient (Wildman–Crippen LogP) is 3.16. The number of hydrogen-bond acceptors (Lipinski definition) is 2. The molecular weight excluding hydrogens is 234 g/mol. The fourth-order valence-corrected chi connectivity index (χ4v) is 3.63. The Morgan fingerprint density at radius 2 is 2.32 bits per heavy atom. The molecule has 1 aromatic heterocycles. The third-order valence-electron chi connectivity index (χ3n) is 4.97. The number of nitrogens with zero attached hydrogens (tertiary/aromatic N) is 2. The fraction of sp³-hybridized carbons (Fsp3) is 0.812. The van der Waals surface area contributed by atoms with Gasteiger partial charge in [-0.25, -0.2) is 0 Å². The van der Waals surface area contributed by atoms with Gasteiger partial charge in [-0.2, -0.15) is 5.10 Å². The Labute approximate surface area is 117 Å². The van der Waals surface area contributed by atoms with E-state index in [0.717, 1.165) is 18.3 Å². The molecule has 1 aliphatic rings. The monoisotopic (exact) mass is 263 g/mol. The second-order valence-electron chi connectivity index (χ2n) is 6.08. The zero-order chi connectivity index (χ0) is 13.7. The van der Waals surface area contributed by atoms with Gasteiger partial charge >= 0.3 is 0 Å². The van der Waals surface area contributed by atoms with Crippen molar-refractivity contribution in [3.8, 4) is 0 Å². The van der Waals surface area contributed by atoms with Crippen LogP contribution in [0.1, 0.15) is 51.1 Å². The quantitative estimate of drug-likeness (QED) is 0.854. The lowest BCUT2D eigenvalue weighted by molar-refractivity contribution is 0.207. The first-order chi connectivity index (χ1) is 9.24. The topological polar surface area (TPSA) is 29.9 Å². The summed E-state index contributed by atoms with van der Waals surface area (Å²) in [6, 6.07) is 2.81. The normalized spacial score (nSPS) is 25.4. The van der Waals surface area contributed by atoms with Gasteiger partial charge in [0, 0.05) is 25.0 Å². The number of aryl methyl sites for hydroxylation is 2. The van der Waals surface area contributed by atoms with E-state index in [1.165, 1.54) is 44.2 Å². The minimum absolute atomic E-state index is 0.671. The highest BCUT2D eigenvalue weighted by atomic mass is 15.2. The maximum absolute atomic E-state index is 4.25. The molecule has 0 saturated heterocycles.